The monoisotopic (exact) mass is 244 g/mol. The topological polar surface area (TPSA) is 72.2 Å². The van der Waals surface area contributed by atoms with Gasteiger partial charge in [-0.1, -0.05) is 35.5 Å². The summed E-state index contributed by atoms with van der Waals surface area (Å²) in [5.74, 6) is -0.504. The fourth-order valence-electron chi connectivity index (χ4n) is 1.62. The van der Waals surface area contributed by atoms with Crippen LogP contribution in [0, 0.1) is 0 Å². The van der Waals surface area contributed by atoms with Crippen molar-refractivity contribution in [3.05, 3.63) is 36.1 Å². The van der Waals surface area contributed by atoms with Gasteiger partial charge in [0.2, 0.25) is 11.7 Å². The normalized spacial score (nSPS) is 10.1. The minimum absolute atomic E-state index is 0.0593. The second-order valence-corrected chi connectivity index (χ2v) is 3.84. The van der Waals surface area contributed by atoms with E-state index < -0.39 is 0 Å². The summed E-state index contributed by atoms with van der Waals surface area (Å²) in [5.41, 5.74) is 1.55. The van der Waals surface area contributed by atoms with Gasteiger partial charge in [-0.25, -0.2) is 0 Å². The Morgan fingerprint density at radius 3 is 2.39 bits per heavy atom. The number of benzene rings is 1. The van der Waals surface area contributed by atoms with Gasteiger partial charge in [0.15, 0.2) is 5.78 Å². The molecule has 1 N–H and O–H groups in total. The zero-order chi connectivity index (χ0) is 13.1. The lowest BCUT2D eigenvalue weighted by Crippen LogP contribution is -2.09. The molecule has 0 aliphatic heterocycles. The molecule has 0 aliphatic carbocycles. The molecule has 0 spiro atoms. The van der Waals surface area contributed by atoms with Crippen molar-refractivity contribution in [1.82, 2.24) is 5.16 Å². The molecule has 0 aliphatic rings. The molecule has 1 amide bonds. The van der Waals surface area contributed by atoms with Gasteiger partial charge in [0.1, 0.15) is 11.4 Å². The summed E-state index contributed by atoms with van der Waals surface area (Å²) in [4.78, 5) is 22.6. The SMILES string of the molecule is CC(=O)Nc1c(-c2ccccc2)noc1C(C)=O. The van der Waals surface area contributed by atoms with Gasteiger partial charge >= 0.3 is 0 Å². The van der Waals surface area contributed by atoms with Crippen LogP contribution >= 0.6 is 0 Å². The lowest BCUT2D eigenvalue weighted by Gasteiger charge is -2.02. The van der Waals surface area contributed by atoms with Crippen LogP contribution in [0.1, 0.15) is 24.4 Å². The molecule has 0 fully saturated rings. The number of aromatic nitrogens is 1. The minimum Gasteiger partial charge on any atom is -0.350 e. The summed E-state index contributed by atoms with van der Waals surface area (Å²) in [6.07, 6.45) is 0. The number of hydrogen-bond acceptors (Lipinski definition) is 4. The Morgan fingerprint density at radius 1 is 1.17 bits per heavy atom. The van der Waals surface area contributed by atoms with Gasteiger partial charge in [-0.2, -0.15) is 0 Å². The maximum atomic E-state index is 11.4. The molecule has 5 heteroatoms. The number of nitrogens with zero attached hydrogens (tertiary/aromatic N) is 1. The first-order valence-electron chi connectivity index (χ1n) is 5.43. The van der Waals surface area contributed by atoms with Crippen molar-refractivity contribution in [2.75, 3.05) is 5.32 Å². The fraction of sp³-hybridized carbons (Fsp3) is 0.154. The van der Waals surface area contributed by atoms with Gasteiger partial charge in [-0.3, -0.25) is 9.59 Å². The van der Waals surface area contributed by atoms with Crippen molar-refractivity contribution in [2.45, 2.75) is 13.8 Å². The summed E-state index contributed by atoms with van der Waals surface area (Å²) in [5, 5.41) is 6.44. The molecule has 2 rings (SSSR count). The highest BCUT2D eigenvalue weighted by atomic mass is 16.5. The number of nitrogens with one attached hydrogen (secondary N) is 1. The number of carbonyl (C=O) groups is 2. The molecular weight excluding hydrogens is 232 g/mol. The summed E-state index contributed by atoms with van der Waals surface area (Å²) < 4.78 is 5.00. The highest BCUT2D eigenvalue weighted by Crippen LogP contribution is 2.30. The first-order valence-corrected chi connectivity index (χ1v) is 5.43. The molecule has 1 aromatic heterocycles. The Morgan fingerprint density at radius 2 is 1.83 bits per heavy atom. The largest absolute Gasteiger partial charge is 0.350 e. The quantitative estimate of drug-likeness (QED) is 0.842. The van der Waals surface area contributed by atoms with Crippen LogP contribution in [0.2, 0.25) is 0 Å². The number of carbonyl (C=O) groups excluding carboxylic acids is 2. The predicted octanol–water partition coefficient (Wildman–Crippen LogP) is 2.50. The Hall–Kier alpha value is -2.43. The first-order chi connectivity index (χ1) is 8.59. The minimum atomic E-state index is -0.284. The molecule has 1 heterocycles. The third kappa shape index (κ3) is 2.29. The number of ketones is 1. The van der Waals surface area contributed by atoms with E-state index in [1.165, 1.54) is 13.8 Å². The van der Waals surface area contributed by atoms with E-state index in [1.54, 1.807) is 0 Å². The number of amides is 1. The third-order valence-corrected chi connectivity index (χ3v) is 2.36. The van der Waals surface area contributed by atoms with Crippen molar-refractivity contribution in [3.8, 4) is 11.3 Å². The van der Waals surface area contributed by atoms with Crippen molar-refractivity contribution in [2.24, 2.45) is 0 Å². The molecule has 0 atom stereocenters. The van der Waals surface area contributed by atoms with Crippen LogP contribution < -0.4 is 5.32 Å². The maximum absolute atomic E-state index is 11.4. The fourth-order valence-corrected chi connectivity index (χ4v) is 1.62. The van der Waals surface area contributed by atoms with Crippen molar-refractivity contribution >= 4 is 17.4 Å². The van der Waals surface area contributed by atoms with E-state index in [-0.39, 0.29) is 17.5 Å². The third-order valence-electron chi connectivity index (χ3n) is 2.36. The second-order valence-electron chi connectivity index (χ2n) is 3.84. The van der Waals surface area contributed by atoms with Crippen LogP contribution in [-0.4, -0.2) is 16.8 Å². The maximum Gasteiger partial charge on any atom is 0.226 e. The van der Waals surface area contributed by atoms with Gasteiger partial charge in [0.05, 0.1) is 0 Å². The lowest BCUT2D eigenvalue weighted by atomic mass is 10.1. The Bertz CT molecular complexity index is 588. The molecule has 1 aromatic carbocycles. The Labute approximate surface area is 104 Å². The van der Waals surface area contributed by atoms with Crippen molar-refractivity contribution in [1.29, 1.82) is 0 Å². The van der Waals surface area contributed by atoms with Gasteiger partial charge in [0, 0.05) is 19.4 Å². The molecule has 0 bridgehead atoms. The molecular formula is C13H12N2O3. The number of Topliss-reactive ketones (excluding diaryl/α,β-unsaturated/α-hetero) is 1. The highest BCUT2D eigenvalue weighted by Gasteiger charge is 2.21. The zero-order valence-electron chi connectivity index (χ0n) is 10.1. The second kappa shape index (κ2) is 4.83. The molecule has 0 unspecified atom stereocenters. The average Bonchev–Trinajstić information content (AvgIpc) is 2.73. The average molecular weight is 244 g/mol. The van der Waals surface area contributed by atoms with Crippen LogP contribution in [0.15, 0.2) is 34.9 Å². The number of rotatable bonds is 3. The summed E-state index contributed by atoms with van der Waals surface area (Å²) in [7, 11) is 0. The first kappa shape index (κ1) is 12.0. The van der Waals surface area contributed by atoms with E-state index in [2.05, 4.69) is 10.5 Å². The highest BCUT2D eigenvalue weighted by molar-refractivity contribution is 6.04. The predicted molar refractivity (Wildman–Crippen MR) is 66.2 cm³/mol. The van der Waals surface area contributed by atoms with Gasteiger partial charge < -0.3 is 9.84 Å². The van der Waals surface area contributed by atoms with E-state index in [0.717, 1.165) is 5.56 Å². The molecule has 5 nitrogen and oxygen atoms in total. The lowest BCUT2D eigenvalue weighted by molar-refractivity contribution is -0.114. The van der Waals surface area contributed by atoms with Crippen LogP contribution in [0.5, 0.6) is 0 Å². The summed E-state index contributed by atoms with van der Waals surface area (Å²) >= 11 is 0. The van der Waals surface area contributed by atoms with Crippen LogP contribution in [0.4, 0.5) is 5.69 Å². The smallest absolute Gasteiger partial charge is 0.226 e. The van der Waals surface area contributed by atoms with E-state index in [4.69, 9.17) is 4.52 Å². The summed E-state index contributed by atoms with van der Waals surface area (Å²) in [6, 6.07) is 9.21. The standard InChI is InChI=1S/C13H12N2O3/c1-8(16)13-12(14-9(2)17)11(15-18-13)10-6-4-3-5-7-10/h3-7H,1-2H3,(H,14,17). The number of hydrogen-bond donors (Lipinski definition) is 1. The van der Waals surface area contributed by atoms with E-state index in [9.17, 15) is 9.59 Å². The molecule has 0 saturated carbocycles. The van der Waals surface area contributed by atoms with E-state index >= 15 is 0 Å². The van der Waals surface area contributed by atoms with Crippen molar-refractivity contribution in [3.63, 3.8) is 0 Å². The molecule has 2 aromatic rings. The molecule has 18 heavy (non-hydrogen) atoms. The van der Waals surface area contributed by atoms with Gasteiger partial charge in [0.25, 0.3) is 0 Å². The van der Waals surface area contributed by atoms with Crippen molar-refractivity contribution < 1.29 is 14.1 Å². The molecule has 0 saturated heterocycles. The number of anilines is 1. The van der Waals surface area contributed by atoms with Crippen LogP contribution in [0.3, 0.4) is 0 Å². The van der Waals surface area contributed by atoms with Crippen LogP contribution in [0.25, 0.3) is 11.3 Å². The Kier molecular flexibility index (Phi) is 3.23. The van der Waals surface area contributed by atoms with E-state index in [0.29, 0.717) is 11.4 Å². The van der Waals surface area contributed by atoms with Gasteiger partial charge in [-0.05, 0) is 0 Å². The van der Waals surface area contributed by atoms with Crippen LogP contribution in [-0.2, 0) is 4.79 Å². The summed E-state index contributed by atoms with van der Waals surface area (Å²) in [6.45, 7) is 2.73. The van der Waals surface area contributed by atoms with E-state index in [1.807, 2.05) is 30.3 Å². The molecule has 92 valence electrons. The molecule has 0 radical (unpaired) electrons. The Balaban J connectivity index is 2.54. The zero-order valence-corrected chi connectivity index (χ0v) is 10.1. The van der Waals surface area contributed by atoms with Gasteiger partial charge in [-0.15, -0.1) is 0 Å².